The van der Waals surface area contributed by atoms with E-state index in [2.05, 4.69) is 45.3 Å². The van der Waals surface area contributed by atoms with Crippen LogP contribution < -0.4 is 15.0 Å². The third kappa shape index (κ3) is 6.74. The van der Waals surface area contributed by atoms with E-state index in [0.717, 1.165) is 60.9 Å². The smallest absolute Gasteiger partial charge is 0.224 e. The number of nitrogens with one attached hydrogen (secondary N) is 1. The zero-order chi connectivity index (χ0) is 25.5. The molecule has 0 spiro atoms. The average molecular weight is 508 g/mol. The van der Waals surface area contributed by atoms with Crippen molar-refractivity contribution in [2.45, 2.75) is 32.6 Å². The van der Waals surface area contributed by atoms with Crippen LogP contribution in [0.5, 0.6) is 5.75 Å². The number of anilines is 2. The molecule has 1 N–H and O–H groups in total. The Bertz CT molecular complexity index is 1190. The van der Waals surface area contributed by atoms with Crippen molar-refractivity contribution in [2.24, 2.45) is 0 Å². The van der Waals surface area contributed by atoms with Crippen LogP contribution in [0, 0.1) is 0 Å². The molecular formula is C28H34ClN5O2. The molecule has 1 aromatic heterocycles. The number of nitrogens with zero attached hydrogens (tertiary/aromatic N) is 4. The molecule has 1 aliphatic rings. The predicted octanol–water partition coefficient (Wildman–Crippen LogP) is 4.61. The van der Waals surface area contributed by atoms with Crippen LogP contribution in [0.1, 0.15) is 36.0 Å². The molecule has 2 heterocycles. The van der Waals surface area contributed by atoms with E-state index in [4.69, 9.17) is 21.3 Å². The van der Waals surface area contributed by atoms with Crippen molar-refractivity contribution in [1.82, 2.24) is 14.9 Å². The predicted molar refractivity (Wildman–Crippen MR) is 145 cm³/mol. The Balaban J connectivity index is 1.44. The molecule has 0 saturated carbocycles. The molecule has 0 bridgehead atoms. The summed E-state index contributed by atoms with van der Waals surface area (Å²) in [7, 11) is 3.86. The molecule has 1 aliphatic heterocycles. The summed E-state index contributed by atoms with van der Waals surface area (Å²) < 4.78 is 5.73. The first-order valence-electron chi connectivity index (χ1n) is 12.4. The molecule has 0 atom stereocenters. The number of carbonyl (C=O) groups excluding carboxylic acids is 1. The van der Waals surface area contributed by atoms with Gasteiger partial charge in [0.05, 0.1) is 17.8 Å². The molecule has 0 unspecified atom stereocenters. The molecule has 190 valence electrons. The highest BCUT2D eigenvalue weighted by Gasteiger charge is 2.17. The molecule has 2 aromatic carbocycles. The number of hydrogen-bond donors (Lipinski definition) is 1. The number of amides is 1. The van der Waals surface area contributed by atoms with Crippen molar-refractivity contribution >= 4 is 28.9 Å². The third-order valence-electron chi connectivity index (χ3n) is 6.54. The van der Waals surface area contributed by atoms with E-state index in [1.165, 1.54) is 5.69 Å². The number of ether oxygens (including phenoxy) is 1. The number of carbonyl (C=O) groups is 1. The van der Waals surface area contributed by atoms with Gasteiger partial charge in [-0.05, 0) is 43.7 Å². The Hall–Kier alpha value is -3.16. The van der Waals surface area contributed by atoms with E-state index in [1.807, 2.05) is 31.2 Å². The first-order chi connectivity index (χ1) is 17.4. The van der Waals surface area contributed by atoms with Crippen molar-refractivity contribution in [2.75, 3.05) is 50.6 Å². The fourth-order valence-electron chi connectivity index (χ4n) is 4.33. The zero-order valence-corrected chi connectivity index (χ0v) is 22.0. The Labute approximate surface area is 218 Å². The summed E-state index contributed by atoms with van der Waals surface area (Å²) >= 11 is 6.44. The summed E-state index contributed by atoms with van der Waals surface area (Å²) in [6.07, 6.45) is 4.14. The fourth-order valence-corrected chi connectivity index (χ4v) is 4.52. The normalized spacial score (nSPS) is 14.1. The van der Waals surface area contributed by atoms with Gasteiger partial charge < -0.3 is 19.9 Å². The molecule has 8 heteroatoms. The molecule has 3 aromatic rings. The van der Waals surface area contributed by atoms with Crippen molar-refractivity contribution < 1.29 is 9.53 Å². The largest absolute Gasteiger partial charge is 0.496 e. The fraction of sp³-hybridized carbons (Fsp3) is 0.393. The Morgan fingerprint density at radius 3 is 2.67 bits per heavy atom. The van der Waals surface area contributed by atoms with Gasteiger partial charge in [-0.2, -0.15) is 0 Å². The molecular weight excluding hydrogens is 474 g/mol. The number of hydrogen-bond acceptors (Lipinski definition) is 6. The minimum atomic E-state index is 0.00244. The van der Waals surface area contributed by atoms with Crippen LogP contribution in [-0.2, 0) is 24.1 Å². The summed E-state index contributed by atoms with van der Waals surface area (Å²) in [5.74, 6) is 1.56. The maximum absolute atomic E-state index is 11.7. The maximum atomic E-state index is 11.7. The summed E-state index contributed by atoms with van der Waals surface area (Å²) in [6.45, 7) is 5.98. The van der Waals surface area contributed by atoms with E-state index >= 15 is 0 Å². The van der Waals surface area contributed by atoms with Crippen LogP contribution in [0.3, 0.4) is 0 Å². The number of halogens is 1. The zero-order valence-electron chi connectivity index (χ0n) is 21.3. The summed E-state index contributed by atoms with van der Waals surface area (Å²) in [5, 5.41) is 3.47. The van der Waals surface area contributed by atoms with E-state index in [0.29, 0.717) is 30.1 Å². The van der Waals surface area contributed by atoms with Crippen molar-refractivity contribution in [3.63, 3.8) is 0 Å². The summed E-state index contributed by atoms with van der Waals surface area (Å²) in [6, 6.07) is 14.3. The number of piperazine rings is 1. The van der Waals surface area contributed by atoms with Crippen LogP contribution in [-0.4, -0.2) is 61.1 Å². The third-order valence-corrected chi connectivity index (χ3v) is 6.85. The van der Waals surface area contributed by atoms with Gasteiger partial charge in [0.15, 0.2) is 0 Å². The van der Waals surface area contributed by atoms with E-state index in [1.54, 1.807) is 13.3 Å². The Kier molecular flexibility index (Phi) is 8.78. The first kappa shape index (κ1) is 25.9. The molecule has 0 radical (unpaired) electrons. The van der Waals surface area contributed by atoms with Gasteiger partial charge in [0.1, 0.15) is 11.6 Å². The van der Waals surface area contributed by atoms with Crippen LogP contribution in [0.4, 0.5) is 11.4 Å². The standard InChI is InChI=1S/C28H34ClN5O2/c1-4-28(35)31-22-7-5-6-20(16-22)8-11-25-24(29)19-30-27(32-25)17-21-9-10-23(18-26(21)36-3)34-14-12-33(2)13-15-34/h5-7,9-10,16,18-19H,4,8,11-15,17H2,1-3H3,(H,31,35). The molecule has 4 rings (SSSR count). The number of likely N-dealkylation sites (N-methyl/N-ethyl adjacent to an activating group) is 1. The van der Waals surface area contributed by atoms with E-state index in [-0.39, 0.29) is 5.91 Å². The summed E-state index contributed by atoms with van der Waals surface area (Å²) in [4.78, 5) is 25.7. The number of rotatable bonds is 9. The Morgan fingerprint density at radius 1 is 1.11 bits per heavy atom. The Morgan fingerprint density at radius 2 is 1.92 bits per heavy atom. The van der Waals surface area contributed by atoms with Gasteiger partial charge in [-0.15, -0.1) is 0 Å². The lowest BCUT2D eigenvalue weighted by Gasteiger charge is -2.34. The van der Waals surface area contributed by atoms with Crippen LogP contribution in [0.2, 0.25) is 5.02 Å². The minimum Gasteiger partial charge on any atom is -0.496 e. The number of aryl methyl sites for hydroxylation is 2. The maximum Gasteiger partial charge on any atom is 0.224 e. The van der Waals surface area contributed by atoms with Crippen molar-refractivity contribution in [3.8, 4) is 5.75 Å². The SMILES string of the molecule is CCC(=O)Nc1cccc(CCc2nc(Cc3ccc(N4CCN(C)CC4)cc3OC)ncc2Cl)c1. The van der Waals surface area contributed by atoms with Gasteiger partial charge in [-0.25, -0.2) is 9.97 Å². The molecule has 36 heavy (non-hydrogen) atoms. The quantitative estimate of drug-likeness (QED) is 0.456. The number of benzene rings is 2. The molecule has 1 saturated heterocycles. The second-order valence-electron chi connectivity index (χ2n) is 9.15. The second kappa shape index (κ2) is 12.2. The highest BCUT2D eigenvalue weighted by atomic mass is 35.5. The van der Waals surface area contributed by atoms with Gasteiger partial charge >= 0.3 is 0 Å². The molecule has 7 nitrogen and oxygen atoms in total. The van der Waals surface area contributed by atoms with Gasteiger partial charge in [0.2, 0.25) is 5.91 Å². The molecule has 0 aliphatic carbocycles. The monoisotopic (exact) mass is 507 g/mol. The van der Waals surface area contributed by atoms with E-state index in [9.17, 15) is 4.79 Å². The molecule has 1 fully saturated rings. The van der Waals surface area contributed by atoms with E-state index < -0.39 is 0 Å². The average Bonchev–Trinajstić information content (AvgIpc) is 2.89. The van der Waals surface area contributed by atoms with Crippen LogP contribution in [0.15, 0.2) is 48.7 Å². The highest BCUT2D eigenvalue weighted by molar-refractivity contribution is 6.31. The number of methoxy groups -OCH3 is 1. The number of aromatic nitrogens is 2. The summed E-state index contributed by atoms with van der Waals surface area (Å²) in [5.41, 5.74) is 4.96. The van der Waals surface area contributed by atoms with Crippen LogP contribution in [0.25, 0.3) is 0 Å². The van der Waals surface area contributed by atoms with Gasteiger partial charge in [-0.3, -0.25) is 4.79 Å². The highest BCUT2D eigenvalue weighted by Crippen LogP contribution is 2.28. The van der Waals surface area contributed by atoms with Crippen molar-refractivity contribution in [1.29, 1.82) is 0 Å². The second-order valence-corrected chi connectivity index (χ2v) is 9.55. The van der Waals surface area contributed by atoms with Gasteiger partial charge in [0.25, 0.3) is 0 Å². The molecule has 1 amide bonds. The topological polar surface area (TPSA) is 70.6 Å². The lowest BCUT2D eigenvalue weighted by Crippen LogP contribution is -2.44. The lowest BCUT2D eigenvalue weighted by molar-refractivity contribution is -0.115. The van der Waals surface area contributed by atoms with Crippen LogP contribution >= 0.6 is 11.6 Å². The van der Waals surface area contributed by atoms with Gasteiger partial charge in [-0.1, -0.05) is 36.7 Å². The first-order valence-corrected chi connectivity index (χ1v) is 12.8. The minimum absolute atomic E-state index is 0.00244. The van der Waals surface area contributed by atoms with Crippen molar-refractivity contribution in [3.05, 3.63) is 76.3 Å². The van der Waals surface area contributed by atoms with Gasteiger partial charge in [0, 0.05) is 68.2 Å². The lowest BCUT2D eigenvalue weighted by atomic mass is 10.1.